The maximum atomic E-state index is 10.9. The van der Waals surface area contributed by atoms with Crippen LogP contribution in [0.2, 0.25) is 20.1 Å². The third-order valence-electron chi connectivity index (χ3n) is 5.93. The molecule has 10 nitrogen and oxygen atoms in total. The zero-order chi connectivity index (χ0) is 31.2. The van der Waals surface area contributed by atoms with Crippen LogP contribution < -0.4 is 11.5 Å². The number of carbonyl (C=O) groups excluding carboxylic acids is 1. The molecule has 5 N–H and O–H groups in total. The number of aliphatic hydroxyl groups excluding tert-OH is 1. The Bertz CT molecular complexity index is 1580. The molecule has 0 atom stereocenters. The van der Waals surface area contributed by atoms with Gasteiger partial charge in [0, 0.05) is 36.0 Å². The highest BCUT2D eigenvalue weighted by atomic mass is 35.5. The smallest absolute Gasteiger partial charge is 0.154 e. The van der Waals surface area contributed by atoms with E-state index in [0.29, 0.717) is 67.1 Å². The Hall–Kier alpha value is -3.15. The number of nitrogen functional groups attached to an aromatic ring is 2. The number of aliphatic hydroxyl groups is 1. The van der Waals surface area contributed by atoms with Gasteiger partial charge in [-0.1, -0.05) is 98.4 Å². The summed E-state index contributed by atoms with van der Waals surface area (Å²) in [6.07, 6.45) is 1.69. The fraction of sp³-hybridized carbons (Fsp3) is 0.321. The molecule has 14 heteroatoms. The molecule has 0 fully saturated rings. The Labute approximate surface area is 263 Å². The average molecular weight is 652 g/mol. The van der Waals surface area contributed by atoms with E-state index < -0.39 is 5.41 Å². The molecule has 0 spiro atoms. The van der Waals surface area contributed by atoms with Gasteiger partial charge in [-0.05, 0) is 17.5 Å². The molecule has 4 rings (SSSR count). The minimum atomic E-state index is -0.566. The van der Waals surface area contributed by atoms with Gasteiger partial charge in [-0.25, -0.2) is 9.97 Å². The molecule has 0 aliphatic rings. The van der Waals surface area contributed by atoms with Gasteiger partial charge in [0.1, 0.15) is 17.7 Å². The van der Waals surface area contributed by atoms with Crippen LogP contribution in [0.1, 0.15) is 39.3 Å². The Balaban J connectivity index is 0.000000230. The van der Waals surface area contributed by atoms with Crippen molar-refractivity contribution in [3.63, 3.8) is 0 Å². The van der Waals surface area contributed by atoms with Gasteiger partial charge >= 0.3 is 0 Å². The number of nitrogens with zero attached hydrogens (tertiary/aromatic N) is 6. The number of hydrogen-bond donors (Lipinski definition) is 3. The first-order valence-corrected chi connectivity index (χ1v) is 14.1. The zero-order valence-corrected chi connectivity index (χ0v) is 26.4. The van der Waals surface area contributed by atoms with E-state index in [-0.39, 0.29) is 23.7 Å². The Morgan fingerprint density at radius 3 is 1.55 bits per heavy atom. The van der Waals surface area contributed by atoms with Crippen LogP contribution in [0.3, 0.4) is 0 Å². The molecule has 0 radical (unpaired) electrons. The summed E-state index contributed by atoms with van der Waals surface area (Å²) in [5.41, 5.74) is 12.9. The van der Waals surface area contributed by atoms with Gasteiger partial charge < -0.3 is 21.4 Å². The van der Waals surface area contributed by atoms with Crippen molar-refractivity contribution in [1.29, 1.82) is 0 Å². The lowest BCUT2D eigenvalue weighted by molar-refractivity contribution is -0.114. The van der Waals surface area contributed by atoms with Crippen molar-refractivity contribution in [3.05, 3.63) is 68.1 Å². The van der Waals surface area contributed by atoms with Crippen LogP contribution in [0.25, 0.3) is 22.5 Å². The van der Waals surface area contributed by atoms with E-state index in [1.165, 1.54) is 0 Å². The SMILES string of the molecule is CC(C)(C=O)Cc1nnc(-c2cccc(Cl)c2Cl)c(N)n1.CC(C)(CO)Cc1nnc(-c2cccc(Cl)c2Cl)c(N)n1. The summed E-state index contributed by atoms with van der Waals surface area (Å²) in [5, 5.41) is 27.1. The number of halogens is 4. The first kappa shape index (κ1) is 33.4. The van der Waals surface area contributed by atoms with Gasteiger partial charge in [0.15, 0.2) is 23.3 Å². The fourth-order valence-corrected chi connectivity index (χ4v) is 4.37. The van der Waals surface area contributed by atoms with Gasteiger partial charge in [0.05, 0.1) is 20.1 Å². The van der Waals surface area contributed by atoms with E-state index >= 15 is 0 Å². The van der Waals surface area contributed by atoms with Crippen LogP contribution in [-0.2, 0) is 17.6 Å². The molecule has 2 heterocycles. The maximum Gasteiger partial charge on any atom is 0.154 e. The van der Waals surface area contributed by atoms with Gasteiger partial charge in [0.25, 0.3) is 0 Å². The molecule has 0 saturated heterocycles. The lowest BCUT2D eigenvalue weighted by Gasteiger charge is -2.20. The van der Waals surface area contributed by atoms with E-state index in [1.807, 2.05) is 13.8 Å². The van der Waals surface area contributed by atoms with Crippen molar-refractivity contribution in [1.82, 2.24) is 30.4 Å². The van der Waals surface area contributed by atoms with Crippen LogP contribution >= 0.6 is 46.4 Å². The van der Waals surface area contributed by atoms with Crippen molar-refractivity contribution in [2.45, 2.75) is 40.5 Å². The predicted octanol–water partition coefficient (Wildman–Crippen LogP) is 6.18. The summed E-state index contributed by atoms with van der Waals surface area (Å²) in [5.74, 6) is 1.32. The highest BCUT2D eigenvalue weighted by Gasteiger charge is 2.22. The number of benzene rings is 2. The van der Waals surface area contributed by atoms with Crippen LogP contribution in [0.5, 0.6) is 0 Å². The molecule has 2 aromatic carbocycles. The lowest BCUT2D eigenvalue weighted by Crippen LogP contribution is -2.22. The largest absolute Gasteiger partial charge is 0.396 e. The van der Waals surface area contributed by atoms with Crippen molar-refractivity contribution in [2.24, 2.45) is 10.8 Å². The number of carbonyl (C=O) groups is 1. The monoisotopic (exact) mass is 650 g/mol. The number of rotatable bonds is 8. The van der Waals surface area contributed by atoms with Crippen molar-refractivity contribution in [3.8, 4) is 22.5 Å². The highest BCUT2D eigenvalue weighted by molar-refractivity contribution is 6.44. The van der Waals surface area contributed by atoms with E-state index in [4.69, 9.17) is 57.9 Å². The molecule has 222 valence electrons. The van der Waals surface area contributed by atoms with Crippen LogP contribution in [0.4, 0.5) is 11.6 Å². The summed E-state index contributed by atoms with van der Waals surface area (Å²) >= 11 is 24.2. The summed E-state index contributed by atoms with van der Waals surface area (Å²) in [6.45, 7) is 7.43. The van der Waals surface area contributed by atoms with E-state index in [0.717, 1.165) is 6.29 Å². The van der Waals surface area contributed by atoms with Gasteiger partial charge in [-0.3, -0.25) is 0 Å². The topological polar surface area (TPSA) is 167 Å². The van der Waals surface area contributed by atoms with Crippen molar-refractivity contribution < 1.29 is 9.90 Å². The van der Waals surface area contributed by atoms with Crippen LogP contribution in [0.15, 0.2) is 36.4 Å². The van der Waals surface area contributed by atoms with E-state index in [2.05, 4.69) is 30.4 Å². The number of anilines is 2. The average Bonchev–Trinajstić information content (AvgIpc) is 2.93. The maximum absolute atomic E-state index is 10.9. The first-order valence-electron chi connectivity index (χ1n) is 12.6. The van der Waals surface area contributed by atoms with E-state index in [9.17, 15) is 9.90 Å². The second-order valence-corrected chi connectivity index (χ2v) is 12.5. The lowest BCUT2D eigenvalue weighted by atomic mass is 9.90. The quantitative estimate of drug-likeness (QED) is 0.187. The Morgan fingerprint density at radius 1 is 0.738 bits per heavy atom. The standard InChI is InChI=1S/C14H16Cl2N4O.C14H14Cl2N4O/c2*1-14(2,7-21)6-10-18-13(17)12(20-19-10)8-4-3-5-9(15)11(8)16/h3-5,21H,6-7H2,1-2H3,(H2,17,18,19);3-5,7H,6H2,1-2H3,(H2,17,18,19). The molecule has 2 aromatic heterocycles. The normalized spacial score (nSPS) is 11.5. The summed E-state index contributed by atoms with van der Waals surface area (Å²) in [7, 11) is 0. The molecule has 0 bridgehead atoms. The second kappa shape index (κ2) is 13.9. The fourth-order valence-electron chi connectivity index (χ4n) is 3.59. The summed E-state index contributed by atoms with van der Waals surface area (Å²) in [4.78, 5) is 19.4. The Kier molecular flexibility index (Phi) is 11.0. The number of hydrogen-bond acceptors (Lipinski definition) is 10. The Morgan fingerprint density at radius 2 is 1.17 bits per heavy atom. The van der Waals surface area contributed by atoms with Gasteiger partial charge in [0.2, 0.25) is 0 Å². The van der Waals surface area contributed by atoms with Crippen molar-refractivity contribution >= 4 is 64.3 Å². The minimum absolute atomic E-state index is 0.0259. The van der Waals surface area contributed by atoms with Crippen LogP contribution in [0, 0.1) is 10.8 Å². The molecule has 4 aromatic rings. The van der Waals surface area contributed by atoms with Gasteiger partial charge in [-0.2, -0.15) is 0 Å². The molecular weight excluding hydrogens is 622 g/mol. The molecule has 42 heavy (non-hydrogen) atoms. The van der Waals surface area contributed by atoms with Crippen molar-refractivity contribution in [2.75, 3.05) is 18.1 Å². The van der Waals surface area contributed by atoms with Gasteiger partial charge in [-0.15, -0.1) is 20.4 Å². The first-order chi connectivity index (χ1) is 19.7. The minimum Gasteiger partial charge on any atom is -0.396 e. The molecule has 0 aliphatic carbocycles. The zero-order valence-electron chi connectivity index (χ0n) is 23.4. The number of aromatic nitrogens is 6. The number of aldehydes is 1. The summed E-state index contributed by atoms with van der Waals surface area (Å²) < 4.78 is 0. The second-order valence-electron chi connectivity index (χ2n) is 10.9. The third-order valence-corrected chi connectivity index (χ3v) is 7.56. The molecular formula is C28H30Cl4N8O2. The van der Waals surface area contributed by atoms with E-state index in [1.54, 1.807) is 50.2 Å². The third kappa shape index (κ3) is 8.45. The molecule has 0 amide bonds. The molecule has 0 unspecified atom stereocenters. The van der Waals surface area contributed by atoms with Crippen LogP contribution in [-0.4, -0.2) is 48.4 Å². The predicted molar refractivity (Wildman–Crippen MR) is 168 cm³/mol. The summed E-state index contributed by atoms with van der Waals surface area (Å²) in [6, 6.07) is 10.4. The molecule has 0 saturated carbocycles. The number of nitrogens with two attached hydrogens (primary N) is 2. The highest BCUT2D eigenvalue weighted by Crippen LogP contribution is 2.35. The molecule has 0 aliphatic heterocycles.